The van der Waals surface area contributed by atoms with E-state index in [1.807, 2.05) is 6.07 Å². The van der Waals surface area contributed by atoms with Crippen LogP contribution in [0.1, 0.15) is 24.9 Å². The molecule has 0 aromatic heterocycles. The smallest absolute Gasteiger partial charge is 0.221 e. The molecule has 1 amide bonds. The Morgan fingerprint density at radius 2 is 1.71 bits per heavy atom. The average molecular weight is 280 g/mol. The molecule has 0 spiro atoms. The number of carbonyl (C=O) groups excluding carboxylic acids is 1. The second-order valence-electron chi connectivity index (χ2n) is 5.58. The van der Waals surface area contributed by atoms with Crippen LogP contribution in [0, 0.1) is 0 Å². The van der Waals surface area contributed by atoms with Crippen molar-refractivity contribution in [1.29, 1.82) is 0 Å². The summed E-state index contributed by atoms with van der Waals surface area (Å²) in [5.74, 6) is 0.138. The molecule has 1 saturated heterocycles. The molecule has 0 bridgehead atoms. The maximum absolute atomic E-state index is 11.2. The van der Waals surface area contributed by atoms with Crippen LogP contribution in [0.4, 0.5) is 0 Å². The van der Waals surface area contributed by atoms with Gasteiger partial charge < -0.3 is 10.6 Å². The maximum Gasteiger partial charge on any atom is 0.221 e. The third kappa shape index (κ3) is 3.31. The predicted octanol–water partition coefficient (Wildman–Crippen LogP) is 2.89. The summed E-state index contributed by atoms with van der Waals surface area (Å²) < 4.78 is 0. The Labute approximate surface area is 125 Å². The van der Waals surface area contributed by atoms with Gasteiger partial charge in [0.2, 0.25) is 5.91 Å². The fourth-order valence-corrected chi connectivity index (χ4v) is 2.77. The summed E-state index contributed by atoms with van der Waals surface area (Å²) in [5, 5.41) is 6.36. The summed E-state index contributed by atoms with van der Waals surface area (Å²) in [6.07, 6.45) is 0.576. The van der Waals surface area contributed by atoms with E-state index in [2.05, 4.69) is 66.1 Å². The highest BCUT2D eigenvalue weighted by atomic mass is 16.1. The Morgan fingerprint density at radius 1 is 1.05 bits per heavy atom. The summed E-state index contributed by atoms with van der Waals surface area (Å²) in [5.41, 5.74) is 3.70. The molecule has 0 aliphatic carbocycles. The van der Waals surface area contributed by atoms with Gasteiger partial charge in [-0.25, -0.2) is 0 Å². The van der Waals surface area contributed by atoms with E-state index < -0.39 is 0 Å². The molecule has 1 heterocycles. The molecule has 0 radical (unpaired) electrons. The van der Waals surface area contributed by atoms with E-state index in [-0.39, 0.29) is 18.0 Å². The zero-order valence-electron chi connectivity index (χ0n) is 12.2. The lowest BCUT2D eigenvalue weighted by Crippen LogP contribution is -2.33. The third-order valence-corrected chi connectivity index (χ3v) is 3.98. The molecule has 2 N–H and O–H groups in total. The van der Waals surface area contributed by atoms with Crippen LogP contribution in [0.3, 0.4) is 0 Å². The predicted molar refractivity (Wildman–Crippen MR) is 84.8 cm³/mol. The lowest BCUT2D eigenvalue weighted by atomic mass is 10.0. The zero-order valence-corrected chi connectivity index (χ0v) is 12.2. The fraction of sp³-hybridized carbons (Fsp3) is 0.278. The molecule has 21 heavy (non-hydrogen) atoms. The summed E-state index contributed by atoms with van der Waals surface area (Å²) in [6.45, 7) is 2.87. The zero-order chi connectivity index (χ0) is 14.7. The Kier molecular flexibility index (Phi) is 4.02. The molecule has 3 nitrogen and oxygen atoms in total. The number of benzene rings is 2. The monoisotopic (exact) mass is 280 g/mol. The van der Waals surface area contributed by atoms with Crippen molar-refractivity contribution < 1.29 is 4.79 Å². The van der Waals surface area contributed by atoms with Gasteiger partial charge in [-0.1, -0.05) is 54.6 Å². The van der Waals surface area contributed by atoms with Gasteiger partial charge in [-0.15, -0.1) is 0 Å². The number of rotatable bonds is 4. The Bertz CT molecular complexity index is 607. The highest BCUT2D eigenvalue weighted by Gasteiger charge is 2.22. The van der Waals surface area contributed by atoms with E-state index >= 15 is 0 Å². The van der Waals surface area contributed by atoms with Crippen molar-refractivity contribution in [3.63, 3.8) is 0 Å². The van der Waals surface area contributed by atoms with Crippen molar-refractivity contribution in [2.75, 3.05) is 6.54 Å². The molecule has 108 valence electrons. The summed E-state index contributed by atoms with van der Waals surface area (Å²) >= 11 is 0. The normalized spacial score (nSPS) is 19.3. The number of hydrogen-bond acceptors (Lipinski definition) is 2. The summed E-state index contributed by atoms with van der Waals surface area (Å²) in [4.78, 5) is 11.2. The SMILES string of the molecule is CC(NC1CNC(=O)C1)c1ccc(-c2ccccc2)cc1. The molecular formula is C18H20N2O. The van der Waals surface area contributed by atoms with Crippen molar-refractivity contribution in [2.45, 2.75) is 25.4 Å². The molecule has 2 unspecified atom stereocenters. The van der Waals surface area contributed by atoms with Gasteiger partial charge >= 0.3 is 0 Å². The minimum atomic E-state index is 0.138. The van der Waals surface area contributed by atoms with Crippen LogP contribution >= 0.6 is 0 Å². The Morgan fingerprint density at radius 3 is 2.33 bits per heavy atom. The second kappa shape index (κ2) is 6.10. The van der Waals surface area contributed by atoms with E-state index in [9.17, 15) is 4.79 Å². The minimum Gasteiger partial charge on any atom is -0.354 e. The molecule has 3 heteroatoms. The van der Waals surface area contributed by atoms with E-state index in [0.717, 1.165) is 6.54 Å². The van der Waals surface area contributed by atoms with Gasteiger partial charge in [0.25, 0.3) is 0 Å². The van der Waals surface area contributed by atoms with Gasteiger partial charge in [0.05, 0.1) is 0 Å². The maximum atomic E-state index is 11.2. The number of carbonyl (C=O) groups is 1. The van der Waals surface area contributed by atoms with Crippen LogP contribution in [-0.2, 0) is 4.79 Å². The lowest BCUT2D eigenvalue weighted by Gasteiger charge is -2.18. The molecule has 0 saturated carbocycles. The number of hydrogen-bond donors (Lipinski definition) is 2. The molecule has 1 fully saturated rings. The first-order chi connectivity index (χ1) is 10.2. The number of amides is 1. The Balaban J connectivity index is 1.67. The minimum absolute atomic E-state index is 0.138. The van der Waals surface area contributed by atoms with Crippen LogP contribution in [-0.4, -0.2) is 18.5 Å². The van der Waals surface area contributed by atoms with Gasteiger partial charge in [-0.2, -0.15) is 0 Å². The Hall–Kier alpha value is -2.13. The fourth-order valence-electron chi connectivity index (χ4n) is 2.77. The number of nitrogens with one attached hydrogen (secondary N) is 2. The van der Waals surface area contributed by atoms with Gasteiger partial charge in [0, 0.05) is 25.0 Å². The van der Waals surface area contributed by atoms with Crippen LogP contribution in [0.5, 0.6) is 0 Å². The van der Waals surface area contributed by atoms with Crippen molar-refractivity contribution in [3.8, 4) is 11.1 Å². The largest absolute Gasteiger partial charge is 0.354 e. The quantitative estimate of drug-likeness (QED) is 0.904. The van der Waals surface area contributed by atoms with E-state index in [1.165, 1.54) is 16.7 Å². The molecule has 2 aromatic carbocycles. The van der Waals surface area contributed by atoms with Gasteiger partial charge in [0.15, 0.2) is 0 Å². The van der Waals surface area contributed by atoms with Gasteiger partial charge in [-0.05, 0) is 23.6 Å². The molecular weight excluding hydrogens is 260 g/mol. The molecule has 1 aliphatic rings. The van der Waals surface area contributed by atoms with Gasteiger partial charge in [0.1, 0.15) is 0 Å². The summed E-state index contributed by atoms with van der Waals surface area (Å²) in [6, 6.07) is 19.5. The van der Waals surface area contributed by atoms with Crippen LogP contribution in [0.2, 0.25) is 0 Å². The first kappa shape index (κ1) is 13.8. The summed E-state index contributed by atoms with van der Waals surface area (Å²) in [7, 11) is 0. The molecule has 3 rings (SSSR count). The first-order valence-corrected chi connectivity index (χ1v) is 7.40. The van der Waals surface area contributed by atoms with Crippen molar-refractivity contribution in [1.82, 2.24) is 10.6 Å². The van der Waals surface area contributed by atoms with E-state index in [0.29, 0.717) is 6.42 Å². The van der Waals surface area contributed by atoms with Crippen LogP contribution in [0.25, 0.3) is 11.1 Å². The molecule has 2 atom stereocenters. The topological polar surface area (TPSA) is 41.1 Å². The standard InChI is InChI=1S/C18H20N2O/c1-13(20-17-11-18(21)19-12-17)14-7-9-16(10-8-14)15-5-3-2-4-6-15/h2-10,13,17,20H,11-12H2,1H3,(H,19,21). The van der Waals surface area contributed by atoms with E-state index in [1.54, 1.807) is 0 Å². The second-order valence-corrected chi connectivity index (χ2v) is 5.58. The van der Waals surface area contributed by atoms with Crippen molar-refractivity contribution >= 4 is 5.91 Å². The van der Waals surface area contributed by atoms with E-state index in [4.69, 9.17) is 0 Å². The highest BCUT2D eigenvalue weighted by Crippen LogP contribution is 2.22. The molecule has 1 aliphatic heterocycles. The van der Waals surface area contributed by atoms with Gasteiger partial charge in [-0.3, -0.25) is 4.79 Å². The van der Waals surface area contributed by atoms with Crippen LogP contribution in [0.15, 0.2) is 54.6 Å². The first-order valence-electron chi connectivity index (χ1n) is 7.40. The van der Waals surface area contributed by atoms with Crippen molar-refractivity contribution in [2.24, 2.45) is 0 Å². The van der Waals surface area contributed by atoms with Crippen LogP contribution < -0.4 is 10.6 Å². The molecule has 2 aromatic rings. The van der Waals surface area contributed by atoms with Crippen molar-refractivity contribution in [3.05, 3.63) is 60.2 Å². The highest BCUT2D eigenvalue weighted by molar-refractivity contribution is 5.78. The lowest BCUT2D eigenvalue weighted by molar-refractivity contribution is -0.119. The average Bonchev–Trinajstić information content (AvgIpc) is 2.93. The third-order valence-electron chi connectivity index (χ3n) is 3.98.